The smallest absolute Gasteiger partial charge is 0.220 e. The Bertz CT molecular complexity index is 1060. The Morgan fingerprint density at radius 2 is 1.92 bits per heavy atom. The van der Waals surface area contributed by atoms with Crippen LogP contribution in [0, 0.1) is 5.95 Å². The van der Waals surface area contributed by atoms with Gasteiger partial charge in [-0.3, -0.25) is 4.57 Å². The highest BCUT2D eigenvalue weighted by Gasteiger charge is 2.10. The summed E-state index contributed by atoms with van der Waals surface area (Å²) in [5.41, 5.74) is 4.65. The van der Waals surface area contributed by atoms with Crippen LogP contribution in [0.15, 0.2) is 67.1 Å². The third kappa shape index (κ3) is 2.79. The molecule has 5 heteroatoms. The molecule has 4 rings (SSSR count). The first-order valence-corrected chi connectivity index (χ1v) is 8.00. The molecule has 0 aliphatic heterocycles. The molecular formula is C20H16FN3O. The molecule has 2 aromatic carbocycles. The molecule has 124 valence electrons. The number of pyridine rings is 1. The quantitative estimate of drug-likeness (QED) is 0.569. The van der Waals surface area contributed by atoms with Crippen molar-refractivity contribution in [2.24, 2.45) is 0 Å². The topological polar surface area (TPSA) is 50.9 Å². The lowest BCUT2D eigenvalue weighted by Crippen LogP contribution is -1.95. The molecule has 0 saturated heterocycles. The van der Waals surface area contributed by atoms with E-state index in [1.54, 1.807) is 25.4 Å². The summed E-state index contributed by atoms with van der Waals surface area (Å²) in [5.74, 6) is -0.489. The number of rotatable bonds is 3. The van der Waals surface area contributed by atoms with Gasteiger partial charge in [0.15, 0.2) is 0 Å². The molecule has 1 atom stereocenters. The zero-order valence-electron chi connectivity index (χ0n) is 13.6. The second-order valence-corrected chi connectivity index (χ2v) is 5.93. The van der Waals surface area contributed by atoms with Crippen LogP contribution in [0.3, 0.4) is 0 Å². The zero-order valence-corrected chi connectivity index (χ0v) is 13.6. The molecule has 25 heavy (non-hydrogen) atoms. The lowest BCUT2D eigenvalue weighted by Gasteiger charge is -2.09. The third-order valence-electron chi connectivity index (χ3n) is 4.25. The van der Waals surface area contributed by atoms with Crippen molar-refractivity contribution in [3.63, 3.8) is 0 Å². The van der Waals surface area contributed by atoms with Gasteiger partial charge >= 0.3 is 0 Å². The summed E-state index contributed by atoms with van der Waals surface area (Å²) in [6, 6.07) is 16.7. The number of hydrogen-bond acceptors (Lipinski definition) is 3. The number of benzene rings is 2. The molecule has 1 N–H and O–H groups in total. The lowest BCUT2D eigenvalue weighted by atomic mass is 10.1. The van der Waals surface area contributed by atoms with E-state index in [2.05, 4.69) is 9.97 Å². The molecule has 4 aromatic rings. The van der Waals surface area contributed by atoms with E-state index in [1.807, 2.05) is 47.0 Å². The monoisotopic (exact) mass is 333 g/mol. The zero-order chi connectivity index (χ0) is 17.4. The van der Waals surface area contributed by atoms with Crippen LogP contribution in [-0.4, -0.2) is 19.6 Å². The Balaban J connectivity index is 1.82. The number of aromatic nitrogens is 3. The van der Waals surface area contributed by atoms with Crippen molar-refractivity contribution in [2.45, 2.75) is 13.0 Å². The van der Waals surface area contributed by atoms with E-state index in [1.165, 1.54) is 6.20 Å². The average molecular weight is 333 g/mol. The van der Waals surface area contributed by atoms with Gasteiger partial charge in [0.25, 0.3) is 0 Å². The lowest BCUT2D eigenvalue weighted by molar-refractivity contribution is 0.199. The van der Waals surface area contributed by atoms with Crippen molar-refractivity contribution in [3.05, 3.63) is 78.6 Å². The molecule has 0 aliphatic rings. The minimum absolute atomic E-state index is 0.463. The Labute approximate surface area is 144 Å². The van der Waals surface area contributed by atoms with Gasteiger partial charge in [-0.1, -0.05) is 18.2 Å². The van der Waals surface area contributed by atoms with E-state index in [4.69, 9.17) is 0 Å². The molecule has 4 nitrogen and oxygen atoms in total. The fourth-order valence-corrected chi connectivity index (χ4v) is 2.92. The van der Waals surface area contributed by atoms with Crippen LogP contribution in [0.4, 0.5) is 4.39 Å². The molecule has 0 fully saturated rings. The molecule has 0 bridgehead atoms. The van der Waals surface area contributed by atoms with Crippen LogP contribution in [0.1, 0.15) is 18.6 Å². The normalized spacial score (nSPS) is 12.4. The van der Waals surface area contributed by atoms with Crippen LogP contribution >= 0.6 is 0 Å². The van der Waals surface area contributed by atoms with Gasteiger partial charge in [-0.2, -0.15) is 4.39 Å². The van der Waals surface area contributed by atoms with Crippen molar-refractivity contribution in [1.82, 2.24) is 14.5 Å². The summed E-state index contributed by atoms with van der Waals surface area (Å²) in [6.07, 6.45) is 2.63. The van der Waals surface area contributed by atoms with E-state index < -0.39 is 12.1 Å². The number of fused-ring (bicyclic) bond motifs is 1. The number of aliphatic hydroxyl groups is 1. The van der Waals surface area contributed by atoms with E-state index in [0.717, 1.165) is 27.8 Å². The van der Waals surface area contributed by atoms with Crippen molar-refractivity contribution >= 4 is 11.0 Å². The van der Waals surface area contributed by atoms with Crippen molar-refractivity contribution in [1.29, 1.82) is 0 Å². The van der Waals surface area contributed by atoms with Crippen molar-refractivity contribution in [2.75, 3.05) is 0 Å². The Hall–Kier alpha value is -3.05. The fraction of sp³-hybridized carbons (Fsp3) is 0.100. The predicted molar refractivity (Wildman–Crippen MR) is 94.9 cm³/mol. The third-order valence-corrected chi connectivity index (χ3v) is 4.25. The molecule has 2 heterocycles. The summed E-state index contributed by atoms with van der Waals surface area (Å²) in [5, 5.41) is 9.72. The van der Waals surface area contributed by atoms with Gasteiger partial charge in [0.1, 0.15) is 6.33 Å². The van der Waals surface area contributed by atoms with Crippen LogP contribution in [0.2, 0.25) is 0 Å². The fourth-order valence-electron chi connectivity index (χ4n) is 2.92. The van der Waals surface area contributed by atoms with Gasteiger partial charge < -0.3 is 5.11 Å². The summed E-state index contributed by atoms with van der Waals surface area (Å²) in [4.78, 5) is 8.14. The van der Waals surface area contributed by atoms with Gasteiger partial charge in [-0.05, 0) is 54.4 Å². The number of imidazole rings is 1. The van der Waals surface area contributed by atoms with E-state index in [9.17, 15) is 9.50 Å². The van der Waals surface area contributed by atoms with Crippen molar-refractivity contribution in [3.8, 4) is 16.8 Å². The maximum Gasteiger partial charge on any atom is 0.220 e. The first-order chi connectivity index (χ1) is 12.1. The highest BCUT2D eigenvalue weighted by atomic mass is 19.1. The van der Waals surface area contributed by atoms with E-state index >= 15 is 0 Å². The van der Waals surface area contributed by atoms with Gasteiger partial charge in [-0.15, -0.1) is 0 Å². The molecule has 0 spiro atoms. The second kappa shape index (κ2) is 6.11. The first-order valence-electron chi connectivity index (χ1n) is 8.00. The highest BCUT2D eigenvalue weighted by Crippen LogP contribution is 2.26. The minimum atomic E-state index is -0.536. The number of hydrogen-bond donors (Lipinski definition) is 1. The molecule has 0 saturated carbocycles. The highest BCUT2D eigenvalue weighted by molar-refractivity contribution is 5.79. The summed E-state index contributed by atoms with van der Waals surface area (Å²) < 4.78 is 15.9. The maximum atomic E-state index is 14.0. The van der Waals surface area contributed by atoms with Crippen LogP contribution < -0.4 is 0 Å². The second-order valence-electron chi connectivity index (χ2n) is 5.93. The van der Waals surface area contributed by atoms with E-state index in [0.29, 0.717) is 5.56 Å². The van der Waals surface area contributed by atoms with Crippen LogP contribution in [0.5, 0.6) is 0 Å². The SMILES string of the molecule is C[C@@H](O)c1ccc2c(c1)ncn2-c1cccc(-c2cccnc2F)c1. The van der Waals surface area contributed by atoms with Gasteiger partial charge in [0.2, 0.25) is 5.95 Å². The maximum absolute atomic E-state index is 14.0. The molecule has 0 unspecified atom stereocenters. The Morgan fingerprint density at radius 1 is 1.04 bits per heavy atom. The van der Waals surface area contributed by atoms with Gasteiger partial charge in [-0.25, -0.2) is 9.97 Å². The number of halogens is 1. The molecular weight excluding hydrogens is 317 g/mol. The van der Waals surface area contributed by atoms with Crippen LogP contribution in [0.25, 0.3) is 27.8 Å². The number of nitrogens with zero attached hydrogens (tertiary/aromatic N) is 3. The van der Waals surface area contributed by atoms with Crippen LogP contribution in [-0.2, 0) is 0 Å². The van der Waals surface area contributed by atoms with Gasteiger partial charge in [0, 0.05) is 17.4 Å². The minimum Gasteiger partial charge on any atom is -0.389 e. The summed E-state index contributed by atoms with van der Waals surface area (Å²) in [7, 11) is 0. The largest absolute Gasteiger partial charge is 0.389 e. The van der Waals surface area contributed by atoms with Gasteiger partial charge in [0.05, 0.1) is 17.1 Å². The van der Waals surface area contributed by atoms with E-state index in [-0.39, 0.29) is 0 Å². The molecule has 0 aliphatic carbocycles. The summed E-state index contributed by atoms with van der Waals surface area (Å²) in [6.45, 7) is 1.73. The first kappa shape index (κ1) is 15.5. The number of aliphatic hydroxyl groups excluding tert-OH is 1. The molecule has 2 aromatic heterocycles. The van der Waals surface area contributed by atoms with Crippen molar-refractivity contribution < 1.29 is 9.50 Å². The predicted octanol–water partition coefficient (Wildman–Crippen LogP) is 4.28. The summed E-state index contributed by atoms with van der Waals surface area (Å²) >= 11 is 0. The molecule has 0 amide bonds. The Morgan fingerprint density at radius 3 is 2.72 bits per heavy atom. The standard InChI is InChI=1S/C20H16FN3O/c1-13(25)14-7-8-19-18(11-14)23-12-24(19)16-5-2-4-15(10-16)17-6-3-9-22-20(17)21/h2-13,25H,1H3/t13-/m1/s1. The average Bonchev–Trinajstić information content (AvgIpc) is 3.05. The Kier molecular flexibility index (Phi) is 3.78. The molecule has 0 radical (unpaired) electrons.